The maximum Gasteiger partial charge on any atom is 0.0589 e. The summed E-state index contributed by atoms with van der Waals surface area (Å²) in [4.78, 5) is 2.48. The van der Waals surface area contributed by atoms with Gasteiger partial charge in [-0.15, -0.1) is 0 Å². The zero-order valence-electron chi connectivity index (χ0n) is 9.95. The van der Waals surface area contributed by atoms with Gasteiger partial charge in [0.05, 0.1) is 6.61 Å². The maximum atomic E-state index is 5.81. The molecule has 0 aromatic rings. The van der Waals surface area contributed by atoms with Crippen molar-refractivity contribution in [3.8, 4) is 0 Å². The first kappa shape index (κ1) is 12.9. The van der Waals surface area contributed by atoms with Crippen LogP contribution in [0.5, 0.6) is 0 Å². The zero-order valence-corrected chi connectivity index (χ0v) is 9.95. The molecule has 1 rings (SSSR count). The molecule has 15 heavy (non-hydrogen) atoms. The first-order valence-corrected chi connectivity index (χ1v) is 5.75. The molecule has 0 saturated heterocycles. The molecule has 0 bridgehead atoms. The first-order chi connectivity index (χ1) is 7.27. The molecule has 90 valence electrons. The zero-order chi connectivity index (χ0) is 11.1. The maximum absolute atomic E-state index is 5.81. The first-order valence-electron chi connectivity index (χ1n) is 5.75. The van der Waals surface area contributed by atoms with Crippen LogP contribution in [0.3, 0.4) is 0 Å². The fourth-order valence-electron chi connectivity index (χ4n) is 2.03. The van der Waals surface area contributed by atoms with Crippen LogP contribution >= 0.6 is 0 Å². The lowest BCUT2D eigenvalue weighted by molar-refractivity contribution is 0.0662. The molecule has 1 aliphatic carbocycles. The highest BCUT2D eigenvalue weighted by atomic mass is 16.5. The number of ether oxygens (including phenoxy) is 2. The van der Waals surface area contributed by atoms with Crippen molar-refractivity contribution >= 4 is 0 Å². The summed E-state index contributed by atoms with van der Waals surface area (Å²) in [5.74, 6) is 0. The Bertz CT molecular complexity index is 161. The van der Waals surface area contributed by atoms with E-state index in [0.29, 0.717) is 12.1 Å². The molecular formula is C11H24N2O2. The summed E-state index contributed by atoms with van der Waals surface area (Å²) in [6.07, 6.45) is 3.36. The van der Waals surface area contributed by atoms with Crippen molar-refractivity contribution in [1.82, 2.24) is 4.90 Å². The van der Waals surface area contributed by atoms with E-state index in [9.17, 15) is 0 Å². The summed E-state index contributed by atoms with van der Waals surface area (Å²) in [5.41, 5.74) is 5.81. The highest BCUT2D eigenvalue weighted by molar-refractivity contribution is 4.89. The van der Waals surface area contributed by atoms with Gasteiger partial charge >= 0.3 is 0 Å². The minimum absolute atomic E-state index is 0.419. The lowest BCUT2D eigenvalue weighted by Gasteiger charge is -2.41. The molecule has 4 heteroatoms. The van der Waals surface area contributed by atoms with Crippen molar-refractivity contribution in [2.45, 2.75) is 31.3 Å². The van der Waals surface area contributed by atoms with Gasteiger partial charge < -0.3 is 15.2 Å². The van der Waals surface area contributed by atoms with Crippen molar-refractivity contribution < 1.29 is 9.47 Å². The number of hydrogen-bond donors (Lipinski definition) is 1. The smallest absolute Gasteiger partial charge is 0.0589 e. The molecule has 1 aliphatic rings. The second kappa shape index (κ2) is 7.17. The van der Waals surface area contributed by atoms with Gasteiger partial charge in [-0.25, -0.2) is 0 Å². The van der Waals surface area contributed by atoms with Gasteiger partial charge in [0.2, 0.25) is 0 Å². The van der Waals surface area contributed by atoms with Crippen LogP contribution in [0.15, 0.2) is 0 Å². The molecule has 2 N–H and O–H groups in total. The fraction of sp³-hybridized carbons (Fsp3) is 1.00. The largest absolute Gasteiger partial charge is 0.385 e. The van der Waals surface area contributed by atoms with Crippen molar-refractivity contribution in [3.63, 3.8) is 0 Å². The molecule has 0 amide bonds. The van der Waals surface area contributed by atoms with E-state index < -0.39 is 0 Å². The molecule has 1 saturated carbocycles. The van der Waals surface area contributed by atoms with Crippen LogP contribution in [0.2, 0.25) is 0 Å². The molecule has 0 aromatic carbocycles. The van der Waals surface area contributed by atoms with Gasteiger partial charge in [0, 0.05) is 46.0 Å². The van der Waals surface area contributed by atoms with Crippen molar-refractivity contribution in [3.05, 3.63) is 0 Å². The number of methoxy groups -OCH3 is 2. The average molecular weight is 216 g/mol. The van der Waals surface area contributed by atoms with E-state index in [-0.39, 0.29) is 0 Å². The minimum atomic E-state index is 0.419. The van der Waals surface area contributed by atoms with E-state index in [2.05, 4.69) is 4.90 Å². The number of hydrogen-bond acceptors (Lipinski definition) is 4. The van der Waals surface area contributed by atoms with E-state index in [0.717, 1.165) is 45.6 Å². The van der Waals surface area contributed by atoms with Gasteiger partial charge in [0.1, 0.15) is 0 Å². The lowest BCUT2D eigenvalue weighted by Crippen LogP contribution is -2.51. The third kappa shape index (κ3) is 4.47. The van der Waals surface area contributed by atoms with Crippen molar-refractivity contribution in [2.24, 2.45) is 5.73 Å². The van der Waals surface area contributed by atoms with Crippen LogP contribution in [0.1, 0.15) is 19.3 Å². The lowest BCUT2D eigenvalue weighted by atomic mass is 9.86. The Morgan fingerprint density at radius 3 is 2.33 bits per heavy atom. The third-order valence-corrected chi connectivity index (χ3v) is 3.04. The van der Waals surface area contributed by atoms with Gasteiger partial charge in [-0.3, -0.25) is 4.90 Å². The molecular weight excluding hydrogens is 192 g/mol. The summed E-state index contributed by atoms with van der Waals surface area (Å²) < 4.78 is 10.2. The SMILES string of the molecule is COCCCN(CCOC)C1CC(N)C1. The molecule has 0 atom stereocenters. The Morgan fingerprint density at radius 1 is 1.13 bits per heavy atom. The van der Waals surface area contributed by atoms with Gasteiger partial charge in [-0.2, -0.15) is 0 Å². The highest BCUT2D eigenvalue weighted by Crippen LogP contribution is 2.23. The predicted octanol–water partition coefficient (Wildman–Crippen LogP) is 0.461. The quantitative estimate of drug-likeness (QED) is 0.599. The van der Waals surface area contributed by atoms with Crippen molar-refractivity contribution in [1.29, 1.82) is 0 Å². The molecule has 0 unspecified atom stereocenters. The highest BCUT2D eigenvalue weighted by Gasteiger charge is 2.30. The van der Waals surface area contributed by atoms with Crippen LogP contribution in [0.4, 0.5) is 0 Å². The normalized spacial score (nSPS) is 25.6. The second-order valence-corrected chi connectivity index (χ2v) is 4.26. The Morgan fingerprint density at radius 2 is 1.80 bits per heavy atom. The fourth-order valence-corrected chi connectivity index (χ4v) is 2.03. The summed E-state index contributed by atoms with van der Waals surface area (Å²) in [5, 5.41) is 0. The standard InChI is InChI=1S/C11H24N2O2/c1-14-6-3-4-13(5-7-15-2)11-8-10(12)9-11/h10-11H,3-9,12H2,1-2H3. The van der Waals surface area contributed by atoms with Crippen LogP contribution in [0.25, 0.3) is 0 Å². The van der Waals surface area contributed by atoms with Gasteiger partial charge in [-0.05, 0) is 19.3 Å². The molecule has 4 nitrogen and oxygen atoms in total. The number of rotatable bonds is 8. The second-order valence-electron chi connectivity index (χ2n) is 4.26. The topological polar surface area (TPSA) is 47.7 Å². The minimum Gasteiger partial charge on any atom is -0.385 e. The Balaban J connectivity index is 2.19. The molecule has 0 aromatic heterocycles. The van der Waals surface area contributed by atoms with Crippen molar-refractivity contribution in [2.75, 3.05) is 40.5 Å². The monoisotopic (exact) mass is 216 g/mol. The molecule has 0 heterocycles. The molecule has 0 radical (unpaired) electrons. The average Bonchev–Trinajstić information content (AvgIpc) is 2.19. The van der Waals surface area contributed by atoms with E-state index in [1.165, 1.54) is 0 Å². The third-order valence-electron chi connectivity index (χ3n) is 3.04. The Labute approximate surface area is 92.7 Å². The van der Waals surface area contributed by atoms with E-state index in [1.54, 1.807) is 14.2 Å². The number of nitrogens with zero attached hydrogens (tertiary/aromatic N) is 1. The molecule has 1 fully saturated rings. The van der Waals surface area contributed by atoms with Gasteiger partial charge in [0.15, 0.2) is 0 Å². The number of nitrogens with two attached hydrogens (primary N) is 1. The Kier molecular flexibility index (Phi) is 6.17. The summed E-state index contributed by atoms with van der Waals surface area (Å²) in [6.45, 7) is 3.74. The van der Waals surface area contributed by atoms with E-state index in [1.807, 2.05) is 0 Å². The van der Waals surface area contributed by atoms with Crippen LogP contribution in [0, 0.1) is 0 Å². The summed E-state index contributed by atoms with van der Waals surface area (Å²) in [7, 11) is 3.50. The van der Waals surface area contributed by atoms with E-state index >= 15 is 0 Å². The van der Waals surface area contributed by atoms with E-state index in [4.69, 9.17) is 15.2 Å². The molecule has 0 aliphatic heterocycles. The predicted molar refractivity (Wildman–Crippen MR) is 60.9 cm³/mol. The van der Waals surface area contributed by atoms with Crippen LogP contribution in [-0.2, 0) is 9.47 Å². The van der Waals surface area contributed by atoms with Crippen LogP contribution in [-0.4, -0.2) is 57.5 Å². The molecule has 0 spiro atoms. The van der Waals surface area contributed by atoms with Gasteiger partial charge in [0.25, 0.3) is 0 Å². The van der Waals surface area contributed by atoms with Gasteiger partial charge in [-0.1, -0.05) is 0 Å². The summed E-state index contributed by atoms with van der Waals surface area (Å²) >= 11 is 0. The Hall–Kier alpha value is -0.160. The van der Waals surface area contributed by atoms with Crippen LogP contribution < -0.4 is 5.73 Å². The summed E-state index contributed by atoms with van der Waals surface area (Å²) in [6, 6.07) is 1.09.